The van der Waals surface area contributed by atoms with Crippen molar-refractivity contribution >= 4 is 27.4 Å². The van der Waals surface area contributed by atoms with Crippen LogP contribution in [0, 0.1) is 0 Å². The molecule has 2 nitrogen and oxygen atoms in total. The molecule has 2 aromatic carbocycles. The lowest BCUT2D eigenvalue weighted by atomic mass is 9.98. The second-order valence-electron chi connectivity index (χ2n) is 4.21. The number of esters is 1. The van der Waals surface area contributed by atoms with E-state index < -0.39 is 0 Å². The Bertz CT molecular complexity index is 729. The Morgan fingerprint density at radius 3 is 2.63 bits per heavy atom. The molecule has 0 aliphatic carbocycles. The van der Waals surface area contributed by atoms with Crippen LogP contribution in [-0.2, 0) is 4.74 Å². The van der Waals surface area contributed by atoms with Crippen LogP contribution in [0.1, 0.15) is 10.4 Å². The lowest BCUT2D eigenvalue weighted by Crippen LogP contribution is -2.03. The summed E-state index contributed by atoms with van der Waals surface area (Å²) in [5.74, 6) is -0.297. The fourth-order valence-electron chi connectivity index (χ4n) is 2.14. The third-order valence-corrected chi connectivity index (χ3v) is 3.96. The van der Waals surface area contributed by atoms with Gasteiger partial charge in [-0.2, -0.15) is 0 Å². The zero-order chi connectivity index (χ0) is 13.2. The summed E-state index contributed by atoms with van der Waals surface area (Å²) >= 11 is 1.63. The van der Waals surface area contributed by atoms with E-state index in [1.807, 2.05) is 47.8 Å². The molecular weight excluding hydrogens is 256 g/mol. The smallest absolute Gasteiger partial charge is 0.338 e. The summed E-state index contributed by atoms with van der Waals surface area (Å²) in [7, 11) is 1.41. The van der Waals surface area contributed by atoms with Crippen molar-refractivity contribution < 1.29 is 9.53 Å². The molecular formula is C16H12O2S. The molecule has 0 spiro atoms. The standard InChI is InChI=1S/C16H12O2S/c1-18-16(17)14-10-15-12(7-8-19-15)9-13(14)11-5-3-2-4-6-11/h2-10H,1H3. The number of rotatable bonds is 2. The third kappa shape index (κ3) is 2.13. The van der Waals surface area contributed by atoms with Crippen LogP contribution in [0.2, 0.25) is 0 Å². The molecule has 0 amide bonds. The molecule has 0 saturated carbocycles. The molecule has 19 heavy (non-hydrogen) atoms. The molecule has 0 saturated heterocycles. The number of ether oxygens (including phenoxy) is 1. The second kappa shape index (κ2) is 4.86. The van der Waals surface area contributed by atoms with Crippen LogP contribution >= 0.6 is 11.3 Å². The predicted octanol–water partition coefficient (Wildman–Crippen LogP) is 4.35. The first-order valence-electron chi connectivity index (χ1n) is 5.94. The van der Waals surface area contributed by atoms with Crippen molar-refractivity contribution in [1.82, 2.24) is 0 Å². The minimum atomic E-state index is -0.297. The molecule has 1 heterocycles. The SMILES string of the molecule is COC(=O)c1cc2sccc2cc1-c1ccccc1. The summed E-state index contributed by atoms with van der Waals surface area (Å²) in [5, 5.41) is 3.18. The fraction of sp³-hybridized carbons (Fsp3) is 0.0625. The maximum absolute atomic E-state index is 12.0. The van der Waals surface area contributed by atoms with Crippen LogP contribution < -0.4 is 0 Å². The van der Waals surface area contributed by atoms with Gasteiger partial charge in [0.1, 0.15) is 0 Å². The van der Waals surface area contributed by atoms with Crippen LogP contribution in [0.15, 0.2) is 53.9 Å². The van der Waals surface area contributed by atoms with Gasteiger partial charge in [-0.05, 0) is 40.1 Å². The highest BCUT2D eigenvalue weighted by atomic mass is 32.1. The number of thiophene rings is 1. The molecule has 3 aromatic rings. The second-order valence-corrected chi connectivity index (χ2v) is 5.16. The van der Waals surface area contributed by atoms with Gasteiger partial charge in [-0.1, -0.05) is 30.3 Å². The normalized spacial score (nSPS) is 10.6. The number of hydrogen-bond acceptors (Lipinski definition) is 3. The molecule has 3 heteroatoms. The van der Waals surface area contributed by atoms with E-state index >= 15 is 0 Å². The first kappa shape index (κ1) is 11.9. The Labute approximate surface area is 115 Å². The summed E-state index contributed by atoms with van der Waals surface area (Å²) in [5.41, 5.74) is 2.55. The van der Waals surface area contributed by atoms with E-state index in [1.165, 1.54) is 7.11 Å². The Morgan fingerprint density at radius 2 is 1.89 bits per heavy atom. The number of hydrogen-bond donors (Lipinski definition) is 0. The molecule has 0 radical (unpaired) electrons. The minimum Gasteiger partial charge on any atom is -0.465 e. The zero-order valence-electron chi connectivity index (χ0n) is 10.4. The van der Waals surface area contributed by atoms with Gasteiger partial charge in [0.25, 0.3) is 0 Å². The van der Waals surface area contributed by atoms with Gasteiger partial charge in [0.2, 0.25) is 0 Å². The van der Waals surface area contributed by atoms with Crippen LogP contribution in [0.4, 0.5) is 0 Å². The van der Waals surface area contributed by atoms with E-state index in [1.54, 1.807) is 11.3 Å². The number of benzene rings is 2. The lowest BCUT2D eigenvalue weighted by molar-refractivity contribution is 0.0602. The minimum absolute atomic E-state index is 0.297. The van der Waals surface area contributed by atoms with Crippen LogP contribution in [0.25, 0.3) is 21.2 Å². The molecule has 0 aliphatic heterocycles. The number of carbonyl (C=O) groups is 1. The highest BCUT2D eigenvalue weighted by Gasteiger charge is 2.15. The Kier molecular flexibility index (Phi) is 3.05. The third-order valence-electron chi connectivity index (χ3n) is 3.08. The van der Waals surface area contributed by atoms with Crippen molar-refractivity contribution in [2.24, 2.45) is 0 Å². The molecule has 3 rings (SSSR count). The summed E-state index contributed by atoms with van der Waals surface area (Å²) < 4.78 is 5.99. The number of carbonyl (C=O) groups excluding carboxylic acids is 1. The summed E-state index contributed by atoms with van der Waals surface area (Å²) in [6.07, 6.45) is 0. The first-order valence-corrected chi connectivity index (χ1v) is 6.82. The molecule has 1 aromatic heterocycles. The van der Waals surface area contributed by atoms with Crippen molar-refractivity contribution in [3.8, 4) is 11.1 Å². The van der Waals surface area contributed by atoms with Gasteiger partial charge in [-0.25, -0.2) is 4.79 Å². The van der Waals surface area contributed by atoms with Crippen LogP contribution in [-0.4, -0.2) is 13.1 Å². The average Bonchev–Trinajstić information content (AvgIpc) is 2.93. The monoisotopic (exact) mass is 268 g/mol. The fourth-order valence-corrected chi connectivity index (χ4v) is 2.96. The lowest BCUT2D eigenvalue weighted by Gasteiger charge is -2.08. The summed E-state index contributed by atoms with van der Waals surface area (Å²) in [6.45, 7) is 0. The Balaban J connectivity index is 2.28. The van der Waals surface area contributed by atoms with E-state index in [2.05, 4.69) is 6.07 Å². The number of fused-ring (bicyclic) bond motifs is 1. The highest BCUT2D eigenvalue weighted by molar-refractivity contribution is 7.17. The summed E-state index contributed by atoms with van der Waals surface area (Å²) in [4.78, 5) is 12.0. The van der Waals surface area contributed by atoms with Crippen molar-refractivity contribution in [2.75, 3.05) is 7.11 Å². The quantitative estimate of drug-likeness (QED) is 0.646. The maximum atomic E-state index is 12.0. The first-order chi connectivity index (χ1) is 9.29. The average molecular weight is 268 g/mol. The Morgan fingerprint density at radius 1 is 1.11 bits per heavy atom. The van der Waals surface area contributed by atoms with Crippen molar-refractivity contribution in [3.63, 3.8) is 0 Å². The van der Waals surface area contributed by atoms with Gasteiger partial charge in [-0.3, -0.25) is 0 Å². The van der Waals surface area contributed by atoms with Gasteiger partial charge in [-0.15, -0.1) is 11.3 Å². The molecule has 0 aliphatic rings. The molecule has 0 fully saturated rings. The summed E-state index contributed by atoms with van der Waals surface area (Å²) in [6, 6.07) is 15.9. The van der Waals surface area contributed by atoms with Crippen molar-refractivity contribution in [1.29, 1.82) is 0 Å². The van der Waals surface area contributed by atoms with Crippen LogP contribution in [0.5, 0.6) is 0 Å². The van der Waals surface area contributed by atoms with E-state index in [4.69, 9.17) is 4.74 Å². The van der Waals surface area contributed by atoms with Gasteiger partial charge >= 0.3 is 5.97 Å². The molecule has 0 N–H and O–H groups in total. The van der Waals surface area contributed by atoms with Crippen molar-refractivity contribution in [3.05, 3.63) is 59.5 Å². The van der Waals surface area contributed by atoms with Gasteiger partial charge < -0.3 is 4.74 Å². The number of methoxy groups -OCH3 is 1. The highest BCUT2D eigenvalue weighted by Crippen LogP contribution is 2.31. The van der Waals surface area contributed by atoms with E-state index in [0.717, 1.165) is 21.2 Å². The topological polar surface area (TPSA) is 26.3 Å². The van der Waals surface area contributed by atoms with Gasteiger partial charge in [0.05, 0.1) is 12.7 Å². The van der Waals surface area contributed by atoms with Gasteiger partial charge in [0, 0.05) is 4.70 Å². The van der Waals surface area contributed by atoms with Crippen molar-refractivity contribution in [2.45, 2.75) is 0 Å². The predicted molar refractivity (Wildman–Crippen MR) is 78.6 cm³/mol. The molecule has 0 unspecified atom stereocenters. The largest absolute Gasteiger partial charge is 0.465 e. The molecule has 0 bridgehead atoms. The van der Waals surface area contributed by atoms with Gasteiger partial charge in [0.15, 0.2) is 0 Å². The zero-order valence-corrected chi connectivity index (χ0v) is 11.2. The maximum Gasteiger partial charge on any atom is 0.338 e. The molecule has 0 atom stereocenters. The van der Waals surface area contributed by atoms with E-state index in [9.17, 15) is 4.79 Å². The Hall–Kier alpha value is -2.13. The van der Waals surface area contributed by atoms with E-state index in [0.29, 0.717) is 5.56 Å². The van der Waals surface area contributed by atoms with E-state index in [-0.39, 0.29) is 5.97 Å². The van der Waals surface area contributed by atoms with Crippen LogP contribution in [0.3, 0.4) is 0 Å². The molecule has 94 valence electrons.